The zero-order valence-corrected chi connectivity index (χ0v) is 13.4. The van der Waals surface area contributed by atoms with Gasteiger partial charge in [0, 0.05) is 6.54 Å². The second kappa shape index (κ2) is 7.23. The summed E-state index contributed by atoms with van der Waals surface area (Å²) in [6.45, 7) is 6.80. The predicted octanol–water partition coefficient (Wildman–Crippen LogP) is 3.40. The summed E-state index contributed by atoms with van der Waals surface area (Å²) in [4.78, 5) is 11.5. The molecule has 0 spiro atoms. The fourth-order valence-electron chi connectivity index (χ4n) is 2.54. The van der Waals surface area contributed by atoms with Crippen LogP contribution in [0.25, 0.3) is 0 Å². The maximum Gasteiger partial charge on any atom is 0.321 e. The quantitative estimate of drug-likeness (QED) is 0.859. The molecule has 0 fully saturated rings. The van der Waals surface area contributed by atoms with E-state index in [1.165, 1.54) is 16.7 Å². The van der Waals surface area contributed by atoms with Crippen LogP contribution < -0.4 is 5.32 Å². The Morgan fingerprint density at radius 2 is 1.68 bits per heavy atom. The van der Waals surface area contributed by atoms with Gasteiger partial charge in [0.1, 0.15) is 6.04 Å². The molecule has 0 aliphatic carbocycles. The minimum absolute atomic E-state index is 0.486. The summed E-state index contributed by atoms with van der Waals surface area (Å²) in [7, 11) is 0. The summed E-state index contributed by atoms with van der Waals surface area (Å²) < 4.78 is 0. The van der Waals surface area contributed by atoms with Crippen molar-refractivity contribution in [2.24, 2.45) is 0 Å². The van der Waals surface area contributed by atoms with Gasteiger partial charge in [0.25, 0.3) is 0 Å². The molecule has 22 heavy (non-hydrogen) atoms. The van der Waals surface area contributed by atoms with E-state index >= 15 is 0 Å². The van der Waals surface area contributed by atoms with E-state index in [0.29, 0.717) is 13.0 Å². The van der Waals surface area contributed by atoms with Gasteiger partial charge < -0.3 is 10.4 Å². The highest BCUT2D eigenvalue weighted by atomic mass is 16.4. The van der Waals surface area contributed by atoms with Crippen molar-refractivity contribution < 1.29 is 9.90 Å². The molecule has 0 aliphatic heterocycles. The van der Waals surface area contributed by atoms with E-state index in [9.17, 15) is 9.90 Å². The van der Waals surface area contributed by atoms with E-state index in [0.717, 1.165) is 11.1 Å². The van der Waals surface area contributed by atoms with Gasteiger partial charge in [-0.15, -0.1) is 0 Å². The zero-order chi connectivity index (χ0) is 16.1. The largest absolute Gasteiger partial charge is 0.480 e. The Kier molecular flexibility index (Phi) is 5.34. The monoisotopic (exact) mass is 297 g/mol. The smallest absolute Gasteiger partial charge is 0.321 e. The Bertz CT molecular complexity index is 650. The van der Waals surface area contributed by atoms with Gasteiger partial charge in [0.05, 0.1) is 0 Å². The van der Waals surface area contributed by atoms with Crippen LogP contribution in [0.4, 0.5) is 0 Å². The third kappa shape index (κ3) is 4.18. The average Bonchev–Trinajstić information content (AvgIpc) is 2.49. The van der Waals surface area contributed by atoms with Gasteiger partial charge in [0.15, 0.2) is 0 Å². The van der Waals surface area contributed by atoms with Crippen molar-refractivity contribution in [3.05, 3.63) is 70.3 Å². The number of aliphatic carboxylic acids is 1. The first kappa shape index (κ1) is 16.2. The Morgan fingerprint density at radius 3 is 2.32 bits per heavy atom. The molecule has 0 unspecified atom stereocenters. The Labute approximate surface area is 132 Å². The lowest BCUT2D eigenvalue weighted by atomic mass is 10.00. The highest BCUT2D eigenvalue weighted by Crippen LogP contribution is 2.15. The molecule has 116 valence electrons. The summed E-state index contributed by atoms with van der Waals surface area (Å²) in [6.07, 6.45) is 0.486. The molecular weight excluding hydrogens is 274 g/mol. The molecule has 0 aromatic heterocycles. The maximum atomic E-state index is 11.5. The molecule has 2 aromatic carbocycles. The van der Waals surface area contributed by atoms with Crippen molar-refractivity contribution in [3.63, 3.8) is 0 Å². The van der Waals surface area contributed by atoms with Crippen LogP contribution in [0, 0.1) is 20.8 Å². The van der Waals surface area contributed by atoms with Gasteiger partial charge in [0.2, 0.25) is 0 Å². The molecule has 0 saturated carbocycles. The van der Waals surface area contributed by atoms with Crippen LogP contribution in [0.1, 0.15) is 27.8 Å². The molecule has 1 atom stereocenters. The van der Waals surface area contributed by atoms with Crippen LogP contribution in [-0.2, 0) is 17.8 Å². The number of nitrogens with one attached hydrogen (secondary N) is 1. The summed E-state index contributed by atoms with van der Waals surface area (Å²) in [5, 5.41) is 12.6. The molecule has 0 saturated heterocycles. The molecule has 0 amide bonds. The summed E-state index contributed by atoms with van der Waals surface area (Å²) in [5.41, 5.74) is 5.87. The van der Waals surface area contributed by atoms with Crippen LogP contribution in [0.2, 0.25) is 0 Å². The summed E-state index contributed by atoms with van der Waals surface area (Å²) in [6, 6.07) is 13.4. The third-order valence-corrected chi connectivity index (χ3v) is 4.07. The Balaban J connectivity index is 2.06. The van der Waals surface area contributed by atoms with Crippen molar-refractivity contribution in [2.45, 2.75) is 39.8 Å². The van der Waals surface area contributed by atoms with Crippen LogP contribution in [0.15, 0.2) is 42.5 Å². The van der Waals surface area contributed by atoms with Gasteiger partial charge in [-0.1, -0.05) is 42.5 Å². The minimum atomic E-state index is -0.815. The van der Waals surface area contributed by atoms with Gasteiger partial charge in [-0.25, -0.2) is 0 Å². The molecule has 2 rings (SSSR count). The zero-order valence-electron chi connectivity index (χ0n) is 13.4. The van der Waals surface area contributed by atoms with E-state index < -0.39 is 12.0 Å². The Morgan fingerprint density at radius 1 is 1.05 bits per heavy atom. The lowest BCUT2D eigenvalue weighted by Crippen LogP contribution is -2.38. The van der Waals surface area contributed by atoms with E-state index in [-0.39, 0.29) is 0 Å². The number of benzene rings is 2. The molecule has 3 nitrogen and oxygen atoms in total. The van der Waals surface area contributed by atoms with Gasteiger partial charge in [-0.2, -0.15) is 0 Å². The first-order valence-corrected chi connectivity index (χ1v) is 7.54. The lowest BCUT2D eigenvalue weighted by Gasteiger charge is -2.16. The summed E-state index contributed by atoms with van der Waals surface area (Å²) >= 11 is 0. The highest BCUT2D eigenvalue weighted by Gasteiger charge is 2.17. The van der Waals surface area contributed by atoms with Crippen molar-refractivity contribution in [3.8, 4) is 0 Å². The van der Waals surface area contributed by atoms with Gasteiger partial charge in [-0.3, -0.25) is 4.79 Å². The number of carboxylic acids is 1. The number of aryl methyl sites for hydroxylation is 3. The van der Waals surface area contributed by atoms with Crippen LogP contribution >= 0.6 is 0 Å². The van der Waals surface area contributed by atoms with Crippen LogP contribution in [-0.4, -0.2) is 17.1 Å². The molecule has 0 radical (unpaired) electrons. The number of carboxylic acid groups (broad SMARTS) is 1. The third-order valence-electron chi connectivity index (χ3n) is 4.07. The topological polar surface area (TPSA) is 49.3 Å². The van der Waals surface area contributed by atoms with Gasteiger partial charge >= 0.3 is 5.97 Å². The van der Waals surface area contributed by atoms with Crippen molar-refractivity contribution in [1.29, 1.82) is 0 Å². The molecule has 0 heterocycles. The number of hydrogen-bond donors (Lipinski definition) is 2. The second-order valence-corrected chi connectivity index (χ2v) is 5.82. The first-order valence-electron chi connectivity index (χ1n) is 7.54. The normalized spacial score (nSPS) is 12.1. The minimum Gasteiger partial charge on any atom is -0.480 e. The van der Waals surface area contributed by atoms with Crippen molar-refractivity contribution in [2.75, 3.05) is 0 Å². The maximum absolute atomic E-state index is 11.5. The fourth-order valence-corrected chi connectivity index (χ4v) is 2.54. The first-order chi connectivity index (χ1) is 10.5. The number of hydrogen-bond acceptors (Lipinski definition) is 2. The van der Waals surface area contributed by atoms with Gasteiger partial charge in [-0.05, 0) is 55.0 Å². The number of carbonyl (C=O) groups is 1. The van der Waals surface area contributed by atoms with E-state index in [1.807, 2.05) is 30.3 Å². The highest BCUT2D eigenvalue weighted by molar-refractivity contribution is 5.73. The van der Waals surface area contributed by atoms with Crippen molar-refractivity contribution >= 4 is 5.97 Å². The van der Waals surface area contributed by atoms with Crippen LogP contribution in [0.5, 0.6) is 0 Å². The van der Waals surface area contributed by atoms with Crippen molar-refractivity contribution in [1.82, 2.24) is 5.32 Å². The SMILES string of the molecule is Cc1cc(C)c(CN[C@@H](Cc2ccccc2)C(=O)O)cc1C. The fraction of sp³-hybridized carbons (Fsp3) is 0.316. The molecule has 0 bridgehead atoms. The molecule has 2 N–H and O–H groups in total. The molecular formula is C19H23NO2. The van der Waals surface area contributed by atoms with E-state index in [1.54, 1.807) is 0 Å². The molecule has 2 aromatic rings. The predicted molar refractivity (Wildman–Crippen MR) is 89.1 cm³/mol. The molecule has 0 aliphatic rings. The molecule has 3 heteroatoms. The standard InChI is InChI=1S/C19H23NO2/c1-13-9-15(3)17(10-14(13)2)12-20-18(19(21)22)11-16-7-5-4-6-8-16/h4-10,18,20H,11-12H2,1-3H3,(H,21,22)/t18-/m0/s1. The van der Waals surface area contributed by atoms with E-state index in [2.05, 4.69) is 38.2 Å². The van der Waals surface area contributed by atoms with E-state index in [4.69, 9.17) is 0 Å². The number of rotatable bonds is 6. The second-order valence-electron chi connectivity index (χ2n) is 5.82. The average molecular weight is 297 g/mol. The summed E-state index contributed by atoms with van der Waals surface area (Å²) in [5.74, 6) is -0.815. The Hall–Kier alpha value is -2.13. The van der Waals surface area contributed by atoms with Crippen LogP contribution in [0.3, 0.4) is 0 Å². The lowest BCUT2D eigenvalue weighted by molar-refractivity contribution is -0.139.